The minimum absolute atomic E-state index is 0.0582. The Morgan fingerprint density at radius 1 is 0.273 bits per heavy atom. The molecule has 0 spiro atoms. The lowest BCUT2D eigenvalue weighted by molar-refractivity contribution is -0.195. The highest BCUT2D eigenvalue weighted by Crippen LogP contribution is 2.38. The molecule has 1 unspecified atom stereocenters. The SMILES string of the molecule is CCCCCCCCCCCCOC(=O)C(CCCC)C(C(=O)OCCCCCCCCCCCC)(C(=O)OCCCCCCCCCCCC)C(=O)OCCCCCCCCCCCC. The van der Waals surface area contributed by atoms with Gasteiger partial charge < -0.3 is 18.9 Å². The molecule has 66 heavy (non-hydrogen) atoms. The van der Waals surface area contributed by atoms with Crippen molar-refractivity contribution in [3.63, 3.8) is 0 Å². The maximum atomic E-state index is 14.6. The quantitative estimate of drug-likeness (QED) is 0.0257. The Labute approximate surface area is 409 Å². The highest BCUT2D eigenvalue weighted by Gasteiger charge is 2.65. The molecule has 0 aromatic heterocycles. The van der Waals surface area contributed by atoms with Crippen LogP contribution in [0.1, 0.15) is 311 Å². The first-order valence-electron chi connectivity index (χ1n) is 29.1. The largest absolute Gasteiger partial charge is 0.465 e. The summed E-state index contributed by atoms with van der Waals surface area (Å²) >= 11 is 0. The van der Waals surface area contributed by atoms with Crippen molar-refractivity contribution in [2.45, 2.75) is 311 Å². The smallest absolute Gasteiger partial charge is 0.336 e. The van der Waals surface area contributed by atoms with E-state index in [4.69, 9.17) is 18.9 Å². The zero-order valence-corrected chi connectivity index (χ0v) is 44.6. The molecule has 8 nitrogen and oxygen atoms in total. The van der Waals surface area contributed by atoms with Gasteiger partial charge >= 0.3 is 23.9 Å². The highest BCUT2D eigenvalue weighted by molar-refractivity contribution is 6.20. The van der Waals surface area contributed by atoms with E-state index in [9.17, 15) is 19.2 Å². The van der Waals surface area contributed by atoms with Crippen molar-refractivity contribution in [1.29, 1.82) is 0 Å². The van der Waals surface area contributed by atoms with Crippen LogP contribution in [0.4, 0.5) is 0 Å². The van der Waals surface area contributed by atoms with Gasteiger partial charge in [-0.3, -0.25) is 19.2 Å². The summed E-state index contributed by atoms with van der Waals surface area (Å²) in [5, 5.41) is 0. The monoisotopic (exact) mass is 935 g/mol. The Bertz CT molecular complexity index is 998. The van der Waals surface area contributed by atoms with Crippen LogP contribution in [0.3, 0.4) is 0 Å². The third-order valence-corrected chi connectivity index (χ3v) is 13.6. The number of hydrogen-bond acceptors (Lipinski definition) is 8. The van der Waals surface area contributed by atoms with Crippen LogP contribution >= 0.6 is 0 Å². The zero-order chi connectivity index (χ0) is 48.4. The third-order valence-electron chi connectivity index (χ3n) is 13.6. The van der Waals surface area contributed by atoms with E-state index in [0.717, 1.165) is 77.0 Å². The minimum Gasteiger partial charge on any atom is -0.465 e. The molecule has 0 bridgehead atoms. The first-order valence-corrected chi connectivity index (χ1v) is 29.1. The van der Waals surface area contributed by atoms with Gasteiger partial charge in [-0.05, 0) is 32.1 Å². The van der Waals surface area contributed by atoms with Crippen LogP contribution in [0.25, 0.3) is 0 Å². The summed E-state index contributed by atoms with van der Waals surface area (Å²) in [5.41, 5.74) is -2.58. The number of carbonyl (C=O) groups is 4. The van der Waals surface area contributed by atoms with Gasteiger partial charge in [0.15, 0.2) is 0 Å². The molecule has 0 N–H and O–H groups in total. The second kappa shape index (κ2) is 49.3. The summed E-state index contributed by atoms with van der Waals surface area (Å²) in [5.74, 6) is -5.21. The molecule has 0 radical (unpaired) electrons. The van der Waals surface area contributed by atoms with Crippen molar-refractivity contribution < 1.29 is 38.1 Å². The normalized spacial score (nSPS) is 12.0. The molecule has 0 saturated heterocycles. The highest BCUT2D eigenvalue weighted by atomic mass is 16.6. The van der Waals surface area contributed by atoms with Crippen molar-refractivity contribution >= 4 is 23.9 Å². The van der Waals surface area contributed by atoms with Crippen LogP contribution in [-0.4, -0.2) is 50.3 Å². The molecular formula is C58H110O8. The molecule has 0 aliphatic rings. The third kappa shape index (κ3) is 34.2. The first kappa shape index (κ1) is 63.9. The molecule has 0 amide bonds. The van der Waals surface area contributed by atoms with E-state index in [1.165, 1.54) is 154 Å². The lowest BCUT2D eigenvalue weighted by Gasteiger charge is -2.33. The van der Waals surface area contributed by atoms with Crippen LogP contribution in [-0.2, 0) is 38.1 Å². The molecule has 0 heterocycles. The Morgan fingerprint density at radius 2 is 0.470 bits per heavy atom. The molecule has 0 fully saturated rings. The van der Waals surface area contributed by atoms with E-state index >= 15 is 0 Å². The average Bonchev–Trinajstić information content (AvgIpc) is 3.31. The predicted molar refractivity (Wildman–Crippen MR) is 277 cm³/mol. The van der Waals surface area contributed by atoms with E-state index in [1.54, 1.807) is 0 Å². The standard InChI is InChI=1S/C58H110O8/c1-6-11-16-20-24-28-32-36-40-44-49-63-54(59)53(48-15-10-5)58(55(60)64-50-45-41-37-33-29-25-21-17-12-7-2,56(61)65-51-46-42-38-34-30-26-22-18-13-8-3)57(62)66-52-47-43-39-35-31-27-23-19-14-9-4/h53H,6-52H2,1-5H3. The number of rotatable bonds is 52. The van der Waals surface area contributed by atoms with E-state index in [1.807, 2.05) is 6.92 Å². The fourth-order valence-corrected chi connectivity index (χ4v) is 9.06. The zero-order valence-electron chi connectivity index (χ0n) is 44.6. The summed E-state index contributed by atoms with van der Waals surface area (Å²) in [4.78, 5) is 58.2. The Hall–Kier alpha value is -2.12. The second-order valence-electron chi connectivity index (χ2n) is 19.8. The molecule has 0 rings (SSSR count). The Kier molecular flexibility index (Phi) is 47.7. The van der Waals surface area contributed by atoms with E-state index < -0.39 is 35.2 Å². The number of esters is 4. The van der Waals surface area contributed by atoms with Gasteiger partial charge in [0.05, 0.1) is 32.3 Å². The summed E-state index contributed by atoms with van der Waals surface area (Å²) in [7, 11) is 0. The van der Waals surface area contributed by atoms with Gasteiger partial charge in [-0.15, -0.1) is 0 Å². The fourth-order valence-electron chi connectivity index (χ4n) is 9.06. The molecule has 0 saturated carbocycles. The van der Waals surface area contributed by atoms with Crippen LogP contribution in [0, 0.1) is 11.3 Å². The van der Waals surface area contributed by atoms with Gasteiger partial charge in [0, 0.05) is 0 Å². The summed E-state index contributed by atoms with van der Waals surface area (Å²) in [6.45, 7) is 11.3. The number of carbonyl (C=O) groups excluding carboxylic acids is 4. The van der Waals surface area contributed by atoms with Crippen LogP contribution < -0.4 is 0 Å². The van der Waals surface area contributed by atoms with Gasteiger partial charge in [-0.2, -0.15) is 0 Å². The average molecular weight is 936 g/mol. The van der Waals surface area contributed by atoms with Crippen LogP contribution in [0.2, 0.25) is 0 Å². The van der Waals surface area contributed by atoms with Gasteiger partial charge in [-0.1, -0.05) is 279 Å². The van der Waals surface area contributed by atoms with Gasteiger partial charge in [0.25, 0.3) is 5.41 Å². The van der Waals surface area contributed by atoms with E-state index in [0.29, 0.717) is 38.5 Å². The maximum Gasteiger partial charge on any atom is 0.336 e. The van der Waals surface area contributed by atoms with Crippen LogP contribution in [0.5, 0.6) is 0 Å². The van der Waals surface area contributed by atoms with Crippen molar-refractivity contribution in [1.82, 2.24) is 0 Å². The summed E-state index contributed by atoms with van der Waals surface area (Å²) in [6.07, 6.45) is 46.4. The van der Waals surface area contributed by atoms with Gasteiger partial charge in [0.2, 0.25) is 0 Å². The van der Waals surface area contributed by atoms with Gasteiger partial charge in [0.1, 0.15) is 0 Å². The molecule has 1 atom stereocenters. The van der Waals surface area contributed by atoms with Crippen molar-refractivity contribution in [2.75, 3.05) is 26.4 Å². The topological polar surface area (TPSA) is 105 Å². The Balaban J connectivity index is 6.07. The molecule has 0 aliphatic heterocycles. The van der Waals surface area contributed by atoms with Gasteiger partial charge in [-0.25, -0.2) is 0 Å². The molecule has 0 aromatic rings. The maximum absolute atomic E-state index is 14.6. The lowest BCUT2D eigenvalue weighted by Crippen LogP contribution is -2.57. The van der Waals surface area contributed by atoms with Crippen molar-refractivity contribution in [2.24, 2.45) is 11.3 Å². The summed E-state index contributed by atoms with van der Waals surface area (Å²) in [6, 6.07) is 0. The molecule has 0 aliphatic carbocycles. The number of hydrogen-bond donors (Lipinski definition) is 0. The Morgan fingerprint density at radius 3 is 0.697 bits per heavy atom. The van der Waals surface area contributed by atoms with E-state index in [2.05, 4.69) is 27.7 Å². The van der Waals surface area contributed by atoms with Crippen molar-refractivity contribution in [3.8, 4) is 0 Å². The predicted octanol–water partition coefficient (Wildman–Crippen LogP) is 17.6. The van der Waals surface area contributed by atoms with E-state index in [-0.39, 0.29) is 32.8 Å². The lowest BCUT2D eigenvalue weighted by atomic mass is 9.72. The molecule has 8 heteroatoms. The minimum atomic E-state index is -2.58. The van der Waals surface area contributed by atoms with Crippen molar-refractivity contribution in [3.05, 3.63) is 0 Å². The fraction of sp³-hybridized carbons (Fsp3) is 0.931. The first-order chi connectivity index (χ1) is 32.4. The molecular weight excluding hydrogens is 825 g/mol. The second-order valence-corrected chi connectivity index (χ2v) is 19.8. The van der Waals surface area contributed by atoms with Crippen LogP contribution in [0.15, 0.2) is 0 Å². The summed E-state index contributed by atoms with van der Waals surface area (Å²) < 4.78 is 23.6. The number of ether oxygens (including phenoxy) is 4. The molecule has 390 valence electrons. The number of unbranched alkanes of at least 4 members (excludes halogenated alkanes) is 37. The molecule has 0 aromatic carbocycles.